The van der Waals surface area contributed by atoms with Gasteiger partial charge >= 0.3 is 0 Å². The minimum atomic E-state index is -0.624. The summed E-state index contributed by atoms with van der Waals surface area (Å²) >= 11 is 0. The van der Waals surface area contributed by atoms with Crippen molar-refractivity contribution in [1.82, 2.24) is 15.1 Å². The van der Waals surface area contributed by atoms with Gasteiger partial charge < -0.3 is 10.4 Å². The smallest absolute Gasteiger partial charge is 0.254 e. The SMILES string of the molecule is Cc1c(C(=O)NCC(C)O)cnn1-c1ccccc1F. The Labute approximate surface area is 116 Å². The highest BCUT2D eigenvalue weighted by Crippen LogP contribution is 2.16. The van der Waals surface area contributed by atoms with Crippen molar-refractivity contribution in [3.63, 3.8) is 0 Å². The van der Waals surface area contributed by atoms with Crippen molar-refractivity contribution in [1.29, 1.82) is 0 Å². The monoisotopic (exact) mass is 277 g/mol. The Hall–Kier alpha value is -2.21. The molecule has 1 atom stereocenters. The number of benzene rings is 1. The lowest BCUT2D eigenvalue weighted by molar-refractivity contribution is 0.0923. The Kier molecular flexibility index (Phi) is 4.14. The van der Waals surface area contributed by atoms with Gasteiger partial charge in [0, 0.05) is 6.54 Å². The fraction of sp³-hybridized carbons (Fsp3) is 0.286. The van der Waals surface area contributed by atoms with Crippen molar-refractivity contribution in [3.8, 4) is 5.69 Å². The van der Waals surface area contributed by atoms with Crippen LogP contribution in [-0.2, 0) is 0 Å². The number of hydrogen-bond acceptors (Lipinski definition) is 3. The molecule has 6 heteroatoms. The highest BCUT2D eigenvalue weighted by Gasteiger charge is 2.16. The molecule has 0 aliphatic rings. The highest BCUT2D eigenvalue weighted by molar-refractivity contribution is 5.95. The number of aliphatic hydroxyl groups excluding tert-OH is 1. The number of nitrogens with zero attached hydrogens (tertiary/aromatic N) is 2. The number of carbonyl (C=O) groups is 1. The van der Waals surface area contributed by atoms with E-state index < -0.39 is 11.9 Å². The molecule has 0 bridgehead atoms. The van der Waals surface area contributed by atoms with Crippen LogP contribution >= 0.6 is 0 Å². The van der Waals surface area contributed by atoms with Gasteiger partial charge in [0.15, 0.2) is 0 Å². The second-order valence-corrected chi connectivity index (χ2v) is 4.57. The number of nitrogens with one attached hydrogen (secondary N) is 1. The summed E-state index contributed by atoms with van der Waals surface area (Å²) in [5.74, 6) is -0.749. The van der Waals surface area contributed by atoms with E-state index in [1.54, 1.807) is 32.0 Å². The molecule has 0 saturated carbocycles. The topological polar surface area (TPSA) is 67.2 Å². The number of halogens is 1. The molecule has 0 aliphatic carbocycles. The number of aromatic nitrogens is 2. The van der Waals surface area contributed by atoms with Crippen LogP contribution in [0.25, 0.3) is 5.69 Å². The number of amides is 1. The highest BCUT2D eigenvalue weighted by atomic mass is 19.1. The molecule has 0 aliphatic heterocycles. The van der Waals surface area contributed by atoms with Crippen LogP contribution in [0.4, 0.5) is 4.39 Å². The molecule has 1 aromatic heterocycles. The predicted octanol–water partition coefficient (Wildman–Crippen LogP) is 1.43. The third-order valence-corrected chi connectivity index (χ3v) is 2.89. The summed E-state index contributed by atoms with van der Waals surface area (Å²) in [5.41, 5.74) is 1.19. The second-order valence-electron chi connectivity index (χ2n) is 4.57. The lowest BCUT2D eigenvalue weighted by Crippen LogP contribution is -2.30. The zero-order valence-corrected chi connectivity index (χ0v) is 11.3. The van der Waals surface area contributed by atoms with Gasteiger partial charge in [-0.1, -0.05) is 12.1 Å². The average molecular weight is 277 g/mol. The summed E-state index contributed by atoms with van der Waals surface area (Å²) in [6.07, 6.45) is 0.764. The molecule has 1 heterocycles. The summed E-state index contributed by atoms with van der Waals surface area (Å²) in [6, 6.07) is 6.22. The number of para-hydroxylation sites is 1. The van der Waals surface area contributed by atoms with Crippen LogP contribution in [0.1, 0.15) is 23.0 Å². The van der Waals surface area contributed by atoms with E-state index in [9.17, 15) is 9.18 Å². The summed E-state index contributed by atoms with van der Waals surface area (Å²) in [7, 11) is 0. The van der Waals surface area contributed by atoms with Gasteiger partial charge in [0.1, 0.15) is 11.5 Å². The van der Waals surface area contributed by atoms with E-state index in [-0.39, 0.29) is 12.5 Å². The molecule has 0 spiro atoms. The Bertz CT molecular complexity index is 623. The minimum Gasteiger partial charge on any atom is -0.392 e. The number of carbonyl (C=O) groups excluding carboxylic acids is 1. The molecular formula is C14H16FN3O2. The molecule has 1 aromatic carbocycles. The van der Waals surface area contributed by atoms with Crippen LogP contribution < -0.4 is 5.32 Å². The fourth-order valence-electron chi connectivity index (χ4n) is 1.83. The van der Waals surface area contributed by atoms with Gasteiger partial charge in [-0.15, -0.1) is 0 Å². The van der Waals surface area contributed by atoms with Gasteiger partial charge in [-0.05, 0) is 26.0 Å². The summed E-state index contributed by atoms with van der Waals surface area (Å²) in [5, 5.41) is 15.8. The molecule has 2 N–H and O–H groups in total. The Morgan fingerprint density at radius 1 is 1.50 bits per heavy atom. The average Bonchev–Trinajstić information content (AvgIpc) is 2.78. The molecule has 5 nitrogen and oxygen atoms in total. The molecule has 0 fully saturated rings. The van der Waals surface area contributed by atoms with Gasteiger partial charge in [0.2, 0.25) is 0 Å². The van der Waals surface area contributed by atoms with Gasteiger partial charge in [-0.2, -0.15) is 5.10 Å². The first-order valence-electron chi connectivity index (χ1n) is 6.26. The zero-order chi connectivity index (χ0) is 14.7. The standard InChI is InChI=1S/C14H16FN3O2/c1-9(19)7-16-14(20)11-8-17-18(10(11)2)13-6-4-3-5-12(13)15/h3-6,8-9,19H,7H2,1-2H3,(H,16,20). The number of aliphatic hydroxyl groups is 1. The maximum Gasteiger partial charge on any atom is 0.254 e. The first-order chi connectivity index (χ1) is 9.50. The van der Waals surface area contributed by atoms with E-state index in [0.717, 1.165) is 0 Å². The van der Waals surface area contributed by atoms with Gasteiger partial charge in [0.05, 0.1) is 23.6 Å². The maximum absolute atomic E-state index is 13.7. The van der Waals surface area contributed by atoms with Crippen molar-refractivity contribution in [2.24, 2.45) is 0 Å². The molecule has 0 saturated heterocycles. The fourth-order valence-corrected chi connectivity index (χ4v) is 1.83. The second kappa shape index (κ2) is 5.83. The minimum absolute atomic E-state index is 0.156. The molecule has 2 aromatic rings. The maximum atomic E-state index is 13.7. The lowest BCUT2D eigenvalue weighted by Gasteiger charge is -2.08. The molecule has 0 radical (unpaired) electrons. The quantitative estimate of drug-likeness (QED) is 0.888. The molecule has 2 rings (SSSR count). The van der Waals surface area contributed by atoms with Crippen LogP contribution in [0.2, 0.25) is 0 Å². The van der Waals surface area contributed by atoms with Crippen LogP contribution in [-0.4, -0.2) is 33.4 Å². The van der Waals surface area contributed by atoms with E-state index in [4.69, 9.17) is 5.11 Å². The Morgan fingerprint density at radius 2 is 2.20 bits per heavy atom. The first kappa shape index (κ1) is 14.2. The predicted molar refractivity (Wildman–Crippen MR) is 72.3 cm³/mol. The summed E-state index contributed by atoms with van der Waals surface area (Å²) < 4.78 is 15.1. The van der Waals surface area contributed by atoms with Crippen LogP contribution in [0.3, 0.4) is 0 Å². The van der Waals surface area contributed by atoms with Crippen molar-refractivity contribution >= 4 is 5.91 Å². The Balaban J connectivity index is 2.28. The van der Waals surface area contributed by atoms with Crippen LogP contribution in [0.15, 0.2) is 30.5 Å². The van der Waals surface area contributed by atoms with E-state index >= 15 is 0 Å². The van der Waals surface area contributed by atoms with E-state index in [0.29, 0.717) is 16.9 Å². The van der Waals surface area contributed by atoms with Gasteiger partial charge in [0.25, 0.3) is 5.91 Å². The largest absolute Gasteiger partial charge is 0.392 e. The molecule has 1 unspecified atom stereocenters. The molecule has 1 amide bonds. The zero-order valence-electron chi connectivity index (χ0n) is 11.3. The van der Waals surface area contributed by atoms with E-state index in [1.165, 1.54) is 16.9 Å². The number of rotatable bonds is 4. The van der Waals surface area contributed by atoms with Gasteiger partial charge in [-0.25, -0.2) is 9.07 Å². The summed E-state index contributed by atoms with van der Waals surface area (Å²) in [4.78, 5) is 11.9. The normalized spacial score (nSPS) is 12.2. The third-order valence-electron chi connectivity index (χ3n) is 2.89. The number of hydrogen-bond donors (Lipinski definition) is 2. The molecular weight excluding hydrogens is 261 g/mol. The van der Waals surface area contributed by atoms with Gasteiger partial charge in [-0.3, -0.25) is 4.79 Å². The van der Waals surface area contributed by atoms with Crippen LogP contribution in [0, 0.1) is 12.7 Å². The Morgan fingerprint density at radius 3 is 2.85 bits per heavy atom. The van der Waals surface area contributed by atoms with Crippen LogP contribution in [0.5, 0.6) is 0 Å². The van der Waals surface area contributed by atoms with Crippen molar-refractivity contribution < 1.29 is 14.3 Å². The first-order valence-corrected chi connectivity index (χ1v) is 6.26. The third kappa shape index (κ3) is 2.85. The van der Waals surface area contributed by atoms with Crippen molar-refractivity contribution in [2.45, 2.75) is 20.0 Å². The molecule has 20 heavy (non-hydrogen) atoms. The van der Waals surface area contributed by atoms with E-state index in [1.807, 2.05) is 0 Å². The van der Waals surface area contributed by atoms with E-state index in [2.05, 4.69) is 10.4 Å². The van der Waals surface area contributed by atoms with Crippen molar-refractivity contribution in [2.75, 3.05) is 6.54 Å². The van der Waals surface area contributed by atoms with Crippen molar-refractivity contribution in [3.05, 3.63) is 47.5 Å². The summed E-state index contributed by atoms with van der Waals surface area (Å²) in [6.45, 7) is 3.43. The lowest BCUT2D eigenvalue weighted by atomic mass is 10.2. The molecule has 106 valence electrons.